The summed E-state index contributed by atoms with van der Waals surface area (Å²) in [5.41, 5.74) is 8.27. The van der Waals surface area contributed by atoms with E-state index in [1.807, 2.05) is 6.92 Å². The molecule has 1 aliphatic heterocycles. The maximum absolute atomic E-state index is 5.93. The molecular formula is C15H23BrN2O. The topological polar surface area (TPSA) is 38.5 Å². The Balaban J connectivity index is 2.02. The molecule has 0 saturated carbocycles. The van der Waals surface area contributed by atoms with Crippen LogP contribution in [-0.2, 0) is 4.74 Å². The van der Waals surface area contributed by atoms with Gasteiger partial charge in [0.05, 0.1) is 6.10 Å². The summed E-state index contributed by atoms with van der Waals surface area (Å²) in [4.78, 5) is 2.26. The molecule has 1 heterocycles. The van der Waals surface area contributed by atoms with E-state index in [2.05, 4.69) is 46.1 Å². The number of ether oxygens (including phenoxy) is 1. The van der Waals surface area contributed by atoms with Crippen LogP contribution in [0.4, 0.5) is 5.69 Å². The first-order valence-electron chi connectivity index (χ1n) is 6.95. The minimum absolute atomic E-state index is 0.0513. The predicted octanol–water partition coefficient (Wildman–Crippen LogP) is 3.47. The molecule has 1 aromatic carbocycles. The van der Waals surface area contributed by atoms with Crippen molar-refractivity contribution in [3.8, 4) is 0 Å². The average Bonchev–Trinajstić information content (AvgIpc) is 2.39. The zero-order valence-corrected chi connectivity index (χ0v) is 13.3. The van der Waals surface area contributed by atoms with Crippen LogP contribution in [0.1, 0.15) is 37.8 Å². The summed E-state index contributed by atoms with van der Waals surface area (Å²) in [6.45, 7) is 3.86. The van der Waals surface area contributed by atoms with E-state index in [1.165, 1.54) is 24.9 Å². The predicted molar refractivity (Wildman–Crippen MR) is 83.6 cm³/mol. The van der Waals surface area contributed by atoms with Gasteiger partial charge in [-0.2, -0.15) is 0 Å². The quantitative estimate of drug-likeness (QED) is 0.920. The molecule has 3 nitrogen and oxygen atoms in total. The Morgan fingerprint density at radius 3 is 2.84 bits per heavy atom. The number of benzene rings is 1. The highest BCUT2D eigenvalue weighted by molar-refractivity contribution is 9.10. The van der Waals surface area contributed by atoms with Gasteiger partial charge in [-0.25, -0.2) is 0 Å². The number of hydrogen-bond acceptors (Lipinski definition) is 3. The van der Waals surface area contributed by atoms with Gasteiger partial charge in [-0.3, -0.25) is 0 Å². The van der Waals surface area contributed by atoms with Gasteiger partial charge in [0.25, 0.3) is 0 Å². The maximum Gasteiger partial charge on any atom is 0.0749 e. The summed E-state index contributed by atoms with van der Waals surface area (Å²) >= 11 is 3.60. The van der Waals surface area contributed by atoms with Gasteiger partial charge in [-0.05, 0) is 43.9 Å². The molecule has 2 N–H and O–H groups in total. The fourth-order valence-electron chi connectivity index (χ4n) is 2.49. The van der Waals surface area contributed by atoms with E-state index in [9.17, 15) is 0 Å². The Bertz CT molecular complexity index is 417. The van der Waals surface area contributed by atoms with Crippen LogP contribution in [0.15, 0.2) is 22.7 Å². The van der Waals surface area contributed by atoms with Crippen molar-refractivity contribution in [3.63, 3.8) is 0 Å². The van der Waals surface area contributed by atoms with Crippen molar-refractivity contribution in [1.29, 1.82) is 0 Å². The van der Waals surface area contributed by atoms with Crippen molar-refractivity contribution >= 4 is 21.6 Å². The molecule has 1 fully saturated rings. The Kier molecular flexibility index (Phi) is 5.25. The largest absolute Gasteiger partial charge is 0.376 e. The molecule has 2 atom stereocenters. The molecule has 0 spiro atoms. The van der Waals surface area contributed by atoms with Crippen LogP contribution < -0.4 is 10.6 Å². The fourth-order valence-corrected chi connectivity index (χ4v) is 3.21. The number of halogens is 1. The second-order valence-electron chi connectivity index (χ2n) is 5.36. The molecule has 1 aromatic rings. The Morgan fingerprint density at radius 2 is 2.26 bits per heavy atom. The number of anilines is 1. The van der Waals surface area contributed by atoms with Gasteiger partial charge < -0.3 is 15.4 Å². The minimum atomic E-state index is 0.0513. The van der Waals surface area contributed by atoms with Crippen LogP contribution in [0.3, 0.4) is 0 Å². The molecule has 0 bridgehead atoms. The lowest BCUT2D eigenvalue weighted by molar-refractivity contribution is 0.0216. The normalized spacial score (nSPS) is 21.2. The minimum Gasteiger partial charge on any atom is -0.376 e. The zero-order chi connectivity index (χ0) is 13.8. The highest BCUT2D eigenvalue weighted by Crippen LogP contribution is 2.27. The highest BCUT2D eigenvalue weighted by Gasteiger charge is 2.16. The van der Waals surface area contributed by atoms with Crippen molar-refractivity contribution in [1.82, 2.24) is 0 Å². The van der Waals surface area contributed by atoms with E-state index in [1.54, 1.807) is 0 Å². The molecule has 0 aliphatic carbocycles. The molecule has 4 heteroatoms. The van der Waals surface area contributed by atoms with Crippen molar-refractivity contribution in [2.24, 2.45) is 5.73 Å². The highest BCUT2D eigenvalue weighted by atomic mass is 79.9. The Morgan fingerprint density at radius 1 is 1.47 bits per heavy atom. The second kappa shape index (κ2) is 6.73. The lowest BCUT2D eigenvalue weighted by Gasteiger charge is -2.29. The summed E-state index contributed by atoms with van der Waals surface area (Å²) in [7, 11) is 2.12. The van der Waals surface area contributed by atoms with Crippen LogP contribution in [0.5, 0.6) is 0 Å². The molecule has 0 amide bonds. The standard InChI is InChI=1S/C15H23BrN2O/c1-11(17)14-7-6-12(9-15(14)16)18(2)10-13-5-3-4-8-19-13/h6-7,9,11,13H,3-5,8,10,17H2,1-2H3/t11-,13?/m1/s1. The lowest BCUT2D eigenvalue weighted by Crippen LogP contribution is -2.33. The van der Waals surface area contributed by atoms with E-state index < -0.39 is 0 Å². The monoisotopic (exact) mass is 326 g/mol. The smallest absolute Gasteiger partial charge is 0.0749 e. The molecule has 19 heavy (non-hydrogen) atoms. The van der Waals surface area contributed by atoms with Gasteiger partial charge >= 0.3 is 0 Å². The SMILES string of the molecule is C[C@@H](N)c1ccc(N(C)CC2CCCCO2)cc1Br. The summed E-state index contributed by atoms with van der Waals surface area (Å²) in [5.74, 6) is 0. The zero-order valence-electron chi connectivity index (χ0n) is 11.7. The first kappa shape index (κ1) is 14.8. The number of nitrogens with zero attached hydrogens (tertiary/aromatic N) is 1. The summed E-state index contributed by atoms with van der Waals surface area (Å²) in [6.07, 6.45) is 4.02. The van der Waals surface area contributed by atoms with Crippen molar-refractivity contribution in [3.05, 3.63) is 28.2 Å². The number of likely N-dealkylation sites (N-methyl/N-ethyl adjacent to an activating group) is 1. The Hall–Kier alpha value is -0.580. The first-order valence-corrected chi connectivity index (χ1v) is 7.75. The first-order chi connectivity index (χ1) is 9.08. The molecule has 1 aliphatic rings. The van der Waals surface area contributed by atoms with Crippen LogP contribution in [0.25, 0.3) is 0 Å². The van der Waals surface area contributed by atoms with E-state index >= 15 is 0 Å². The van der Waals surface area contributed by atoms with Gasteiger partial charge in [-0.15, -0.1) is 0 Å². The molecule has 106 valence electrons. The third-order valence-electron chi connectivity index (χ3n) is 3.67. The maximum atomic E-state index is 5.93. The summed E-state index contributed by atoms with van der Waals surface area (Å²) in [5, 5.41) is 0. The van der Waals surface area contributed by atoms with Gasteiger partial charge in [0.2, 0.25) is 0 Å². The van der Waals surface area contributed by atoms with Crippen molar-refractivity contribution in [2.75, 3.05) is 25.1 Å². The van der Waals surface area contributed by atoms with E-state index in [0.29, 0.717) is 6.10 Å². The lowest BCUT2D eigenvalue weighted by atomic mass is 10.1. The van der Waals surface area contributed by atoms with Gasteiger partial charge in [0, 0.05) is 36.4 Å². The van der Waals surface area contributed by atoms with E-state index in [-0.39, 0.29) is 6.04 Å². The molecule has 1 unspecified atom stereocenters. The summed E-state index contributed by atoms with van der Waals surface area (Å²) in [6, 6.07) is 6.42. The molecule has 2 rings (SSSR count). The third kappa shape index (κ3) is 3.94. The van der Waals surface area contributed by atoms with E-state index in [0.717, 1.165) is 23.2 Å². The van der Waals surface area contributed by atoms with Crippen LogP contribution in [0.2, 0.25) is 0 Å². The Labute approximate surface area is 124 Å². The van der Waals surface area contributed by atoms with Crippen LogP contribution in [0, 0.1) is 0 Å². The molecule has 1 saturated heterocycles. The third-order valence-corrected chi connectivity index (χ3v) is 4.35. The molecule has 0 aromatic heterocycles. The number of hydrogen-bond donors (Lipinski definition) is 1. The van der Waals surface area contributed by atoms with Gasteiger partial charge in [0.1, 0.15) is 0 Å². The van der Waals surface area contributed by atoms with Crippen molar-refractivity contribution < 1.29 is 4.74 Å². The molecule has 0 radical (unpaired) electrons. The van der Waals surface area contributed by atoms with Crippen LogP contribution in [-0.4, -0.2) is 26.3 Å². The number of nitrogens with two attached hydrogens (primary N) is 1. The van der Waals surface area contributed by atoms with Crippen molar-refractivity contribution in [2.45, 2.75) is 38.3 Å². The van der Waals surface area contributed by atoms with Gasteiger partial charge in [-0.1, -0.05) is 22.0 Å². The van der Waals surface area contributed by atoms with Crippen LogP contribution >= 0.6 is 15.9 Å². The fraction of sp³-hybridized carbons (Fsp3) is 0.600. The van der Waals surface area contributed by atoms with E-state index in [4.69, 9.17) is 10.5 Å². The second-order valence-corrected chi connectivity index (χ2v) is 6.22. The summed E-state index contributed by atoms with van der Waals surface area (Å²) < 4.78 is 6.87. The van der Waals surface area contributed by atoms with Gasteiger partial charge in [0.15, 0.2) is 0 Å². The molecular weight excluding hydrogens is 304 g/mol. The number of rotatable bonds is 4. The average molecular weight is 327 g/mol.